The van der Waals surface area contributed by atoms with Crippen LogP contribution in [-0.2, 0) is 17.8 Å². The lowest BCUT2D eigenvalue weighted by molar-refractivity contribution is -0.111. The van der Waals surface area contributed by atoms with Crippen molar-refractivity contribution in [1.29, 1.82) is 0 Å². The average molecular weight is 425 g/mol. The Bertz CT molecular complexity index is 653. The largest absolute Gasteiger partial charge is 0.374 e. The van der Waals surface area contributed by atoms with E-state index in [1.54, 1.807) is 0 Å². The summed E-state index contributed by atoms with van der Waals surface area (Å²) in [4.78, 5) is 0. The molecule has 31 heavy (non-hydrogen) atoms. The summed E-state index contributed by atoms with van der Waals surface area (Å²) in [5.74, 6) is 0. The van der Waals surface area contributed by atoms with Crippen molar-refractivity contribution in [2.75, 3.05) is 13.1 Å². The van der Waals surface area contributed by atoms with Gasteiger partial charge in [-0.05, 0) is 47.9 Å². The molecule has 3 nitrogen and oxygen atoms in total. The Hall–Kier alpha value is -1.68. The van der Waals surface area contributed by atoms with Gasteiger partial charge in [0.1, 0.15) is 0 Å². The van der Waals surface area contributed by atoms with Crippen molar-refractivity contribution < 1.29 is 4.74 Å². The highest BCUT2D eigenvalue weighted by atomic mass is 16.5. The van der Waals surface area contributed by atoms with Crippen molar-refractivity contribution in [1.82, 2.24) is 10.6 Å². The molecule has 0 aliphatic rings. The van der Waals surface area contributed by atoms with E-state index >= 15 is 0 Å². The fraction of sp³-hybridized carbons (Fsp3) is 0.571. The predicted octanol–water partition coefficient (Wildman–Crippen LogP) is 6.19. The van der Waals surface area contributed by atoms with Crippen molar-refractivity contribution >= 4 is 0 Å². The van der Waals surface area contributed by atoms with Crippen molar-refractivity contribution in [2.45, 2.75) is 79.7 Å². The Morgan fingerprint density at radius 2 is 0.968 bits per heavy atom. The van der Waals surface area contributed by atoms with Gasteiger partial charge in [0.05, 0.1) is 12.2 Å². The fourth-order valence-electron chi connectivity index (χ4n) is 3.73. The molecule has 2 atom stereocenters. The minimum Gasteiger partial charge on any atom is -0.374 e. The lowest BCUT2D eigenvalue weighted by Crippen LogP contribution is -2.41. The van der Waals surface area contributed by atoms with Gasteiger partial charge in [0, 0.05) is 13.1 Å². The van der Waals surface area contributed by atoms with Gasteiger partial charge in [0.2, 0.25) is 0 Å². The molecule has 2 aromatic carbocycles. The minimum absolute atomic E-state index is 0.107. The first-order valence-electron chi connectivity index (χ1n) is 11.8. The Labute approximate surface area is 191 Å². The van der Waals surface area contributed by atoms with Gasteiger partial charge in [-0.15, -0.1) is 0 Å². The van der Waals surface area contributed by atoms with E-state index in [1.807, 2.05) is 0 Å². The van der Waals surface area contributed by atoms with Gasteiger partial charge in [-0.2, -0.15) is 0 Å². The number of rotatable bonds is 12. The molecule has 2 unspecified atom stereocenters. The molecule has 0 fully saturated rings. The fourth-order valence-corrected chi connectivity index (χ4v) is 3.73. The predicted molar refractivity (Wildman–Crippen MR) is 133 cm³/mol. The standard InChI is InChI=1S/C28H44N2O/c1-27(2,3)25(17-19-29-21-23-13-9-7-10-14-23)31-26(28(4,5)6)18-20-30-22-24-15-11-8-12-16-24/h7-16,25-26,29-30H,17-22H2,1-6H3. The van der Waals surface area contributed by atoms with Crippen LogP contribution in [0.15, 0.2) is 60.7 Å². The van der Waals surface area contributed by atoms with Gasteiger partial charge in [-0.1, -0.05) is 102 Å². The van der Waals surface area contributed by atoms with Crippen molar-refractivity contribution in [3.8, 4) is 0 Å². The van der Waals surface area contributed by atoms with E-state index in [-0.39, 0.29) is 23.0 Å². The second kappa shape index (κ2) is 12.4. The molecule has 0 radical (unpaired) electrons. The van der Waals surface area contributed by atoms with Crippen LogP contribution in [-0.4, -0.2) is 25.3 Å². The third-order valence-electron chi connectivity index (χ3n) is 5.77. The second-order valence-electron chi connectivity index (χ2n) is 10.7. The van der Waals surface area contributed by atoms with E-state index in [0.29, 0.717) is 0 Å². The summed E-state index contributed by atoms with van der Waals surface area (Å²) in [5.41, 5.74) is 2.87. The van der Waals surface area contributed by atoms with E-state index in [1.165, 1.54) is 11.1 Å². The zero-order chi connectivity index (χ0) is 22.7. The molecule has 2 rings (SSSR count). The van der Waals surface area contributed by atoms with Gasteiger partial charge < -0.3 is 15.4 Å². The third-order valence-corrected chi connectivity index (χ3v) is 5.77. The van der Waals surface area contributed by atoms with Crippen LogP contribution in [0.4, 0.5) is 0 Å². The van der Waals surface area contributed by atoms with E-state index in [4.69, 9.17) is 4.74 Å². The first-order chi connectivity index (χ1) is 14.7. The maximum atomic E-state index is 6.80. The summed E-state index contributed by atoms with van der Waals surface area (Å²) in [6.45, 7) is 17.5. The van der Waals surface area contributed by atoms with Crippen LogP contribution in [0.3, 0.4) is 0 Å². The molecular formula is C28H44N2O. The quantitative estimate of drug-likeness (QED) is 0.398. The highest BCUT2D eigenvalue weighted by Gasteiger charge is 2.33. The Balaban J connectivity index is 1.85. The molecule has 0 aliphatic heterocycles. The zero-order valence-electron chi connectivity index (χ0n) is 20.6. The molecule has 0 heterocycles. The Morgan fingerprint density at radius 3 is 1.29 bits per heavy atom. The van der Waals surface area contributed by atoms with Crippen molar-refractivity contribution in [2.24, 2.45) is 10.8 Å². The number of nitrogens with one attached hydrogen (secondary N) is 2. The summed E-state index contributed by atoms with van der Waals surface area (Å²) in [7, 11) is 0. The molecule has 0 spiro atoms. The summed E-state index contributed by atoms with van der Waals surface area (Å²) in [6, 6.07) is 21.2. The smallest absolute Gasteiger partial charge is 0.0639 e. The first-order valence-corrected chi connectivity index (χ1v) is 11.8. The van der Waals surface area contributed by atoms with Crippen molar-refractivity contribution in [3.63, 3.8) is 0 Å². The molecule has 0 bridgehead atoms. The van der Waals surface area contributed by atoms with Crippen LogP contribution in [0.1, 0.15) is 65.5 Å². The minimum atomic E-state index is 0.107. The van der Waals surface area contributed by atoms with Crippen LogP contribution in [0, 0.1) is 10.8 Å². The number of hydrogen-bond donors (Lipinski definition) is 2. The van der Waals surface area contributed by atoms with Crippen LogP contribution >= 0.6 is 0 Å². The van der Waals surface area contributed by atoms with E-state index in [9.17, 15) is 0 Å². The van der Waals surface area contributed by atoms with Gasteiger partial charge in [-0.3, -0.25) is 0 Å². The molecule has 2 N–H and O–H groups in total. The first kappa shape index (κ1) is 25.6. The molecule has 0 aromatic heterocycles. The summed E-state index contributed by atoms with van der Waals surface area (Å²) in [5, 5.41) is 7.19. The van der Waals surface area contributed by atoms with Gasteiger partial charge in [0.15, 0.2) is 0 Å². The lowest BCUT2D eigenvalue weighted by atomic mass is 9.83. The van der Waals surface area contributed by atoms with Crippen molar-refractivity contribution in [3.05, 3.63) is 71.8 Å². The van der Waals surface area contributed by atoms with Gasteiger partial charge in [-0.25, -0.2) is 0 Å². The van der Waals surface area contributed by atoms with E-state index < -0.39 is 0 Å². The molecule has 0 saturated carbocycles. The Kier molecular flexibility index (Phi) is 10.2. The SMILES string of the molecule is CC(C)(C)C(CCNCc1ccccc1)OC(CCNCc1ccccc1)C(C)(C)C. The average Bonchev–Trinajstić information content (AvgIpc) is 2.71. The molecule has 0 saturated heterocycles. The molecular weight excluding hydrogens is 380 g/mol. The topological polar surface area (TPSA) is 33.3 Å². The Morgan fingerprint density at radius 1 is 0.613 bits per heavy atom. The second-order valence-corrected chi connectivity index (χ2v) is 10.7. The molecule has 3 heteroatoms. The third kappa shape index (κ3) is 9.99. The maximum absolute atomic E-state index is 6.80. The number of hydrogen-bond acceptors (Lipinski definition) is 3. The van der Waals surface area contributed by atoms with Gasteiger partial charge in [0.25, 0.3) is 0 Å². The highest BCUT2D eigenvalue weighted by molar-refractivity contribution is 5.14. The van der Waals surface area contributed by atoms with E-state index in [2.05, 4.69) is 113 Å². The highest BCUT2D eigenvalue weighted by Crippen LogP contribution is 2.32. The molecule has 172 valence electrons. The van der Waals surface area contributed by atoms with Crippen LogP contribution in [0.25, 0.3) is 0 Å². The molecule has 0 aliphatic carbocycles. The summed E-state index contributed by atoms with van der Waals surface area (Å²) < 4.78 is 6.80. The number of ether oxygens (including phenoxy) is 1. The summed E-state index contributed by atoms with van der Waals surface area (Å²) in [6.07, 6.45) is 2.46. The van der Waals surface area contributed by atoms with Crippen LogP contribution in [0.2, 0.25) is 0 Å². The van der Waals surface area contributed by atoms with Gasteiger partial charge >= 0.3 is 0 Å². The number of benzene rings is 2. The summed E-state index contributed by atoms with van der Waals surface area (Å²) >= 11 is 0. The monoisotopic (exact) mass is 424 g/mol. The van der Waals surface area contributed by atoms with Crippen LogP contribution < -0.4 is 10.6 Å². The molecule has 2 aromatic rings. The molecule has 0 amide bonds. The zero-order valence-corrected chi connectivity index (χ0v) is 20.6. The maximum Gasteiger partial charge on any atom is 0.0639 e. The lowest BCUT2D eigenvalue weighted by Gasteiger charge is -2.39. The normalized spacial score (nSPS) is 14.4. The van der Waals surface area contributed by atoms with E-state index in [0.717, 1.165) is 39.0 Å². The van der Waals surface area contributed by atoms with Crippen LogP contribution in [0.5, 0.6) is 0 Å².